The minimum absolute atomic E-state index is 0.307. The summed E-state index contributed by atoms with van der Waals surface area (Å²) in [6.45, 7) is 5.30. The van der Waals surface area contributed by atoms with E-state index in [4.69, 9.17) is 4.74 Å². The average molecular weight is 233 g/mol. The second-order valence-corrected chi connectivity index (χ2v) is 4.98. The third kappa shape index (κ3) is 4.04. The third-order valence-electron chi connectivity index (χ3n) is 3.21. The Kier molecular flexibility index (Phi) is 4.43. The minimum atomic E-state index is 0.307. The Bertz CT molecular complexity index is 347. The van der Waals surface area contributed by atoms with Gasteiger partial charge in [0.15, 0.2) is 0 Å². The van der Waals surface area contributed by atoms with Crippen LogP contribution in [-0.2, 0) is 0 Å². The van der Waals surface area contributed by atoms with Gasteiger partial charge in [0.1, 0.15) is 11.9 Å². The summed E-state index contributed by atoms with van der Waals surface area (Å²) >= 11 is 0. The molecule has 1 saturated carbocycles. The van der Waals surface area contributed by atoms with Crippen molar-refractivity contribution < 1.29 is 4.74 Å². The van der Waals surface area contributed by atoms with Crippen LogP contribution in [0.1, 0.15) is 38.2 Å². The van der Waals surface area contributed by atoms with Gasteiger partial charge in [-0.15, -0.1) is 0 Å². The molecule has 2 heteroatoms. The van der Waals surface area contributed by atoms with Crippen molar-refractivity contribution >= 4 is 0 Å². The molecule has 17 heavy (non-hydrogen) atoms. The van der Waals surface area contributed by atoms with Crippen LogP contribution >= 0.6 is 0 Å². The molecule has 0 aromatic heterocycles. The van der Waals surface area contributed by atoms with E-state index in [-0.39, 0.29) is 0 Å². The van der Waals surface area contributed by atoms with Gasteiger partial charge in [-0.2, -0.15) is 0 Å². The van der Waals surface area contributed by atoms with Gasteiger partial charge < -0.3 is 10.1 Å². The van der Waals surface area contributed by atoms with Crippen LogP contribution in [0, 0.1) is 6.92 Å². The van der Waals surface area contributed by atoms with Crippen LogP contribution in [0.3, 0.4) is 0 Å². The Labute approximate surface area is 104 Å². The molecule has 1 N–H and O–H groups in total. The molecule has 0 bridgehead atoms. The van der Waals surface area contributed by atoms with Crippen molar-refractivity contribution in [1.29, 1.82) is 0 Å². The molecule has 1 fully saturated rings. The summed E-state index contributed by atoms with van der Waals surface area (Å²) in [4.78, 5) is 0. The lowest BCUT2D eigenvalue weighted by molar-refractivity contribution is 0.185. The van der Waals surface area contributed by atoms with Crippen molar-refractivity contribution in [3.05, 3.63) is 29.8 Å². The summed E-state index contributed by atoms with van der Waals surface area (Å²) in [5.74, 6) is 1.03. The number of rotatable bonds is 7. The predicted octanol–water partition coefficient (Wildman–Crippen LogP) is 3.29. The highest BCUT2D eigenvalue weighted by Gasteiger charge is 2.22. The molecule has 1 aromatic rings. The number of hydrogen-bond donors (Lipinski definition) is 1. The molecule has 2 rings (SSSR count). The summed E-state index contributed by atoms with van der Waals surface area (Å²) in [5.41, 5.74) is 1.22. The summed E-state index contributed by atoms with van der Waals surface area (Å²) in [7, 11) is 0. The van der Waals surface area contributed by atoms with Gasteiger partial charge in [0.25, 0.3) is 0 Å². The van der Waals surface area contributed by atoms with Gasteiger partial charge in [-0.25, -0.2) is 0 Å². The first-order valence-electron chi connectivity index (χ1n) is 6.75. The molecule has 0 heterocycles. The molecule has 1 aromatic carbocycles. The van der Waals surface area contributed by atoms with E-state index in [2.05, 4.69) is 37.4 Å². The number of hydrogen-bond acceptors (Lipinski definition) is 2. The van der Waals surface area contributed by atoms with Gasteiger partial charge in [-0.3, -0.25) is 0 Å². The maximum absolute atomic E-state index is 6.10. The molecule has 0 spiro atoms. The molecule has 0 aliphatic heterocycles. The summed E-state index contributed by atoms with van der Waals surface area (Å²) < 4.78 is 6.10. The van der Waals surface area contributed by atoms with E-state index in [0.29, 0.717) is 6.10 Å². The van der Waals surface area contributed by atoms with Crippen LogP contribution in [0.15, 0.2) is 24.3 Å². The highest BCUT2D eigenvalue weighted by Crippen LogP contribution is 2.21. The Morgan fingerprint density at radius 3 is 2.76 bits per heavy atom. The van der Waals surface area contributed by atoms with Crippen LogP contribution in [0.2, 0.25) is 0 Å². The molecule has 1 unspecified atom stereocenters. The van der Waals surface area contributed by atoms with Crippen LogP contribution in [0.5, 0.6) is 5.75 Å². The zero-order valence-corrected chi connectivity index (χ0v) is 10.9. The molecule has 94 valence electrons. The Morgan fingerprint density at radius 2 is 2.12 bits per heavy atom. The first-order valence-corrected chi connectivity index (χ1v) is 6.75. The van der Waals surface area contributed by atoms with Gasteiger partial charge in [0, 0.05) is 12.6 Å². The second kappa shape index (κ2) is 6.06. The Hall–Kier alpha value is -1.02. The summed E-state index contributed by atoms with van der Waals surface area (Å²) in [6, 6.07) is 9.02. The molecule has 1 atom stereocenters. The van der Waals surface area contributed by atoms with Crippen molar-refractivity contribution in [1.82, 2.24) is 5.32 Å². The zero-order valence-electron chi connectivity index (χ0n) is 10.9. The normalized spacial score (nSPS) is 16.8. The first-order chi connectivity index (χ1) is 8.29. The maximum Gasteiger partial charge on any atom is 0.122 e. The largest absolute Gasteiger partial charge is 0.489 e. The fraction of sp³-hybridized carbons (Fsp3) is 0.600. The highest BCUT2D eigenvalue weighted by molar-refractivity contribution is 5.31. The van der Waals surface area contributed by atoms with Crippen LogP contribution < -0.4 is 10.1 Å². The monoisotopic (exact) mass is 233 g/mol. The van der Waals surface area contributed by atoms with E-state index < -0.39 is 0 Å². The predicted molar refractivity (Wildman–Crippen MR) is 71.5 cm³/mol. The lowest BCUT2D eigenvalue weighted by Gasteiger charge is -2.20. The SMILES string of the molecule is CCCC(CNC1CC1)Oc1ccccc1C. The topological polar surface area (TPSA) is 21.3 Å². The second-order valence-electron chi connectivity index (χ2n) is 4.98. The van der Waals surface area contributed by atoms with Crippen LogP contribution in [-0.4, -0.2) is 18.7 Å². The van der Waals surface area contributed by atoms with Crippen LogP contribution in [0.4, 0.5) is 0 Å². The quantitative estimate of drug-likeness (QED) is 0.780. The van der Waals surface area contributed by atoms with Gasteiger partial charge in [0.05, 0.1) is 0 Å². The molecule has 0 radical (unpaired) electrons. The highest BCUT2D eigenvalue weighted by atomic mass is 16.5. The molecular weight excluding hydrogens is 210 g/mol. The van der Waals surface area contributed by atoms with Crippen molar-refractivity contribution in [3.63, 3.8) is 0 Å². The van der Waals surface area contributed by atoms with E-state index in [1.165, 1.54) is 24.8 Å². The maximum atomic E-state index is 6.10. The minimum Gasteiger partial charge on any atom is -0.489 e. The number of ether oxygens (including phenoxy) is 1. The standard InChI is InChI=1S/C15H23NO/c1-3-6-14(11-16-13-9-10-13)17-15-8-5-4-7-12(15)2/h4-5,7-8,13-14,16H,3,6,9-11H2,1-2H3. The number of nitrogens with one attached hydrogen (secondary N) is 1. The van der Waals surface area contributed by atoms with Crippen molar-refractivity contribution in [3.8, 4) is 5.75 Å². The lowest BCUT2D eigenvalue weighted by atomic mass is 10.2. The fourth-order valence-electron chi connectivity index (χ4n) is 1.98. The van der Waals surface area contributed by atoms with Gasteiger partial charge in [-0.05, 0) is 37.8 Å². The number of para-hydroxylation sites is 1. The van der Waals surface area contributed by atoms with Crippen molar-refractivity contribution in [2.24, 2.45) is 0 Å². The Balaban J connectivity index is 1.88. The van der Waals surface area contributed by atoms with E-state index in [0.717, 1.165) is 24.8 Å². The number of aryl methyl sites for hydroxylation is 1. The van der Waals surface area contributed by atoms with E-state index in [1.54, 1.807) is 0 Å². The summed E-state index contributed by atoms with van der Waals surface area (Å²) in [5, 5.41) is 3.56. The van der Waals surface area contributed by atoms with Gasteiger partial charge >= 0.3 is 0 Å². The smallest absolute Gasteiger partial charge is 0.122 e. The first kappa shape index (κ1) is 12.4. The molecule has 0 saturated heterocycles. The molecular formula is C15H23NO. The van der Waals surface area contributed by atoms with Crippen molar-refractivity contribution in [2.45, 2.75) is 51.7 Å². The molecule has 0 amide bonds. The lowest BCUT2D eigenvalue weighted by Crippen LogP contribution is -2.32. The van der Waals surface area contributed by atoms with E-state index >= 15 is 0 Å². The van der Waals surface area contributed by atoms with Gasteiger partial charge in [0.2, 0.25) is 0 Å². The van der Waals surface area contributed by atoms with E-state index in [1.807, 2.05) is 6.07 Å². The van der Waals surface area contributed by atoms with Crippen molar-refractivity contribution in [2.75, 3.05) is 6.54 Å². The van der Waals surface area contributed by atoms with Crippen LogP contribution in [0.25, 0.3) is 0 Å². The molecule has 2 nitrogen and oxygen atoms in total. The van der Waals surface area contributed by atoms with Gasteiger partial charge in [-0.1, -0.05) is 31.5 Å². The zero-order chi connectivity index (χ0) is 12.1. The fourth-order valence-corrected chi connectivity index (χ4v) is 1.98. The average Bonchev–Trinajstić information content (AvgIpc) is 3.13. The number of benzene rings is 1. The molecule has 1 aliphatic rings. The van der Waals surface area contributed by atoms with E-state index in [9.17, 15) is 0 Å². The Morgan fingerprint density at radius 1 is 1.35 bits per heavy atom. The summed E-state index contributed by atoms with van der Waals surface area (Å²) in [6.07, 6.45) is 5.27. The third-order valence-corrected chi connectivity index (χ3v) is 3.21. The molecule has 1 aliphatic carbocycles.